The Balaban J connectivity index is 2.24. The molecule has 0 bridgehead atoms. The van der Waals surface area contributed by atoms with E-state index >= 15 is 0 Å². The van der Waals surface area contributed by atoms with E-state index in [2.05, 4.69) is 22.0 Å². The maximum Gasteiger partial charge on any atom is 0.124 e. The van der Waals surface area contributed by atoms with Gasteiger partial charge in [0.05, 0.1) is 12.0 Å². The van der Waals surface area contributed by atoms with E-state index in [9.17, 15) is 0 Å². The normalized spacial score (nSPS) is 18.3. The summed E-state index contributed by atoms with van der Waals surface area (Å²) in [5.41, 5.74) is 1.13. The van der Waals surface area contributed by atoms with Crippen molar-refractivity contribution in [3.8, 4) is 5.75 Å². The lowest BCUT2D eigenvalue weighted by Gasteiger charge is -2.20. The lowest BCUT2D eigenvalue weighted by molar-refractivity contribution is 0.333. The van der Waals surface area contributed by atoms with Crippen molar-refractivity contribution < 1.29 is 4.74 Å². The molecule has 0 heterocycles. The third-order valence-corrected chi connectivity index (χ3v) is 4.47. The van der Waals surface area contributed by atoms with Crippen LogP contribution in [0.2, 0.25) is 0 Å². The third kappa shape index (κ3) is 3.17. The smallest absolute Gasteiger partial charge is 0.124 e. The van der Waals surface area contributed by atoms with Gasteiger partial charge in [-0.25, -0.2) is 0 Å². The Morgan fingerprint density at radius 1 is 1.41 bits per heavy atom. The quantitative estimate of drug-likeness (QED) is 0.683. The van der Waals surface area contributed by atoms with Crippen LogP contribution in [-0.4, -0.2) is 6.61 Å². The number of ether oxygens (including phenoxy) is 1. The first-order valence-corrected chi connectivity index (χ1v) is 7.51. The van der Waals surface area contributed by atoms with E-state index in [1.54, 1.807) is 0 Å². The Morgan fingerprint density at radius 3 is 2.76 bits per heavy atom. The molecule has 1 saturated carbocycles. The first kappa shape index (κ1) is 13.2. The monoisotopic (exact) mass is 316 g/mol. The molecule has 1 aliphatic carbocycles. The fraction of sp³-hybridized carbons (Fsp3) is 0.571. The van der Waals surface area contributed by atoms with Gasteiger partial charge in [0.2, 0.25) is 0 Å². The molecule has 94 valence electrons. The highest BCUT2D eigenvalue weighted by Crippen LogP contribution is 2.43. The lowest BCUT2D eigenvalue weighted by atomic mass is 9.96. The van der Waals surface area contributed by atoms with Gasteiger partial charge in [0.1, 0.15) is 5.75 Å². The van der Waals surface area contributed by atoms with Crippen molar-refractivity contribution in [3.05, 3.63) is 28.2 Å². The molecule has 1 aliphatic rings. The summed E-state index contributed by atoms with van der Waals surface area (Å²) in [6.45, 7) is 2.69. The van der Waals surface area contributed by atoms with Gasteiger partial charge in [-0.1, -0.05) is 28.8 Å². The van der Waals surface area contributed by atoms with Crippen molar-refractivity contribution in [2.24, 2.45) is 5.92 Å². The first-order valence-electron chi connectivity index (χ1n) is 6.28. The molecule has 0 aromatic heterocycles. The van der Waals surface area contributed by atoms with Crippen LogP contribution >= 0.6 is 27.5 Å². The minimum atomic E-state index is 0.0801. The minimum Gasteiger partial charge on any atom is -0.494 e. The lowest BCUT2D eigenvalue weighted by Crippen LogP contribution is -2.06. The molecule has 0 radical (unpaired) electrons. The van der Waals surface area contributed by atoms with Gasteiger partial charge in [0, 0.05) is 10.0 Å². The SMILES string of the molecule is CCOc1ccc(Br)cc1C(Cl)C1CCCC1. The molecule has 1 aromatic rings. The van der Waals surface area contributed by atoms with Crippen molar-refractivity contribution in [3.63, 3.8) is 0 Å². The van der Waals surface area contributed by atoms with Crippen LogP contribution in [0, 0.1) is 5.92 Å². The van der Waals surface area contributed by atoms with Crippen molar-refractivity contribution in [2.75, 3.05) is 6.61 Å². The molecule has 1 fully saturated rings. The van der Waals surface area contributed by atoms with Gasteiger partial charge in [-0.05, 0) is 43.9 Å². The van der Waals surface area contributed by atoms with Crippen molar-refractivity contribution in [1.29, 1.82) is 0 Å². The molecule has 0 amide bonds. The molecule has 2 rings (SSSR count). The molecule has 1 nitrogen and oxygen atoms in total. The van der Waals surface area contributed by atoms with Crippen LogP contribution in [0.3, 0.4) is 0 Å². The molecular formula is C14H18BrClO. The second-order valence-corrected chi connectivity index (χ2v) is 5.95. The Morgan fingerprint density at radius 2 is 2.12 bits per heavy atom. The summed E-state index contributed by atoms with van der Waals surface area (Å²) in [6.07, 6.45) is 5.11. The van der Waals surface area contributed by atoms with Gasteiger partial charge in [-0.3, -0.25) is 0 Å². The van der Waals surface area contributed by atoms with Crippen molar-refractivity contribution >= 4 is 27.5 Å². The van der Waals surface area contributed by atoms with E-state index in [4.69, 9.17) is 16.3 Å². The van der Waals surface area contributed by atoms with Crippen LogP contribution in [0.25, 0.3) is 0 Å². The number of hydrogen-bond donors (Lipinski definition) is 0. The molecule has 1 atom stereocenters. The minimum absolute atomic E-state index is 0.0801. The Bertz CT molecular complexity index is 374. The second-order valence-electron chi connectivity index (χ2n) is 4.56. The highest BCUT2D eigenvalue weighted by molar-refractivity contribution is 9.10. The molecule has 3 heteroatoms. The fourth-order valence-electron chi connectivity index (χ4n) is 2.53. The molecule has 0 saturated heterocycles. The third-order valence-electron chi connectivity index (χ3n) is 3.38. The van der Waals surface area contributed by atoms with Crippen molar-refractivity contribution in [2.45, 2.75) is 38.0 Å². The van der Waals surface area contributed by atoms with E-state index in [1.807, 2.05) is 19.1 Å². The van der Waals surface area contributed by atoms with E-state index in [0.29, 0.717) is 12.5 Å². The molecule has 0 spiro atoms. The standard InChI is InChI=1S/C14H18BrClO/c1-2-17-13-8-7-11(15)9-12(13)14(16)10-5-3-4-6-10/h7-10,14H,2-6H2,1H3. The molecular weight excluding hydrogens is 300 g/mol. The molecule has 0 N–H and O–H groups in total. The maximum absolute atomic E-state index is 6.62. The highest BCUT2D eigenvalue weighted by Gasteiger charge is 2.26. The van der Waals surface area contributed by atoms with Crippen LogP contribution in [0.15, 0.2) is 22.7 Å². The fourth-order valence-corrected chi connectivity index (χ4v) is 3.33. The summed E-state index contributed by atoms with van der Waals surface area (Å²) in [5.74, 6) is 1.53. The largest absolute Gasteiger partial charge is 0.494 e. The first-order chi connectivity index (χ1) is 8.22. The van der Waals surface area contributed by atoms with Crippen LogP contribution in [-0.2, 0) is 0 Å². The summed E-state index contributed by atoms with van der Waals surface area (Å²) in [4.78, 5) is 0. The zero-order valence-electron chi connectivity index (χ0n) is 10.1. The number of hydrogen-bond acceptors (Lipinski definition) is 1. The molecule has 17 heavy (non-hydrogen) atoms. The van der Waals surface area contributed by atoms with Crippen LogP contribution in [0.4, 0.5) is 0 Å². The van der Waals surface area contributed by atoms with Gasteiger partial charge in [-0.2, -0.15) is 0 Å². The van der Waals surface area contributed by atoms with E-state index < -0.39 is 0 Å². The number of alkyl halides is 1. The summed E-state index contributed by atoms with van der Waals surface area (Å²) in [7, 11) is 0. The highest BCUT2D eigenvalue weighted by atomic mass is 79.9. The van der Waals surface area contributed by atoms with Gasteiger partial charge >= 0.3 is 0 Å². The number of benzene rings is 1. The summed E-state index contributed by atoms with van der Waals surface area (Å²) < 4.78 is 6.74. The van der Waals surface area contributed by atoms with Crippen LogP contribution in [0.1, 0.15) is 43.5 Å². The Hall–Kier alpha value is -0.210. The maximum atomic E-state index is 6.62. The predicted molar refractivity (Wildman–Crippen MR) is 75.9 cm³/mol. The summed E-state index contributed by atoms with van der Waals surface area (Å²) >= 11 is 10.1. The van der Waals surface area contributed by atoms with Crippen LogP contribution < -0.4 is 4.74 Å². The van der Waals surface area contributed by atoms with Gasteiger partial charge < -0.3 is 4.74 Å². The van der Waals surface area contributed by atoms with Gasteiger partial charge in [-0.15, -0.1) is 11.6 Å². The molecule has 1 unspecified atom stereocenters. The van der Waals surface area contributed by atoms with E-state index in [-0.39, 0.29) is 5.38 Å². The number of halogens is 2. The summed E-state index contributed by atoms with van der Waals surface area (Å²) in [6, 6.07) is 6.11. The van der Waals surface area contributed by atoms with E-state index in [1.165, 1.54) is 25.7 Å². The molecule has 1 aromatic carbocycles. The van der Waals surface area contributed by atoms with Gasteiger partial charge in [0.25, 0.3) is 0 Å². The molecule has 0 aliphatic heterocycles. The van der Waals surface area contributed by atoms with Gasteiger partial charge in [0.15, 0.2) is 0 Å². The van der Waals surface area contributed by atoms with E-state index in [0.717, 1.165) is 15.8 Å². The Kier molecular flexibility index (Phi) is 4.75. The number of rotatable bonds is 4. The topological polar surface area (TPSA) is 9.23 Å². The summed E-state index contributed by atoms with van der Waals surface area (Å²) in [5, 5.41) is 0.0801. The predicted octanol–water partition coefficient (Wildman–Crippen LogP) is 5.32. The second kappa shape index (κ2) is 6.10. The van der Waals surface area contributed by atoms with Crippen LogP contribution in [0.5, 0.6) is 5.75 Å². The zero-order valence-corrected chi connectivity index (χ0v) is 12.4. The Labute approximate surface area is 117 Å². The average molecular weight is 318 g/mol. The zero-order chi connectivity index (χ0) is 12.3. The average Bonchev–Trinajstić information content (AvgIpc) is 2.84. The van der Waals surface area contributed by atoms with Crippen molar-refractivity contribution in [1.82, 2.24) is 0 Å².